The third-order valence-corrected chi connectivity index (χ3v) is 2.58. The van der Waals surface area contributed by atoms with Gasteiger partial charge in [-0.15, -0.1) is 0 Å². The third kappa shape index (κ3) is 8.31. The van der Waals surface area contributed by atoms with Crippen LogP contribution in [0.4, 0.5) is 0 Å². The van der Waals surface area contributed by atoms with Gasteiger partial charge in [-0.3, -0.25) is 0 Å². The highest BCUT2D eigenvalue weighted by Gasteiger charge is 2.04. The molecule has 0 spiro atoms. The molecule has 84 valence electrons. The molecule has 1 unspecified atom stereocenters. The number of hydrogen-bond acceptors (Lipinski definition) is 1. The Morgan fingerprint density at radius 1 is 1.14 bits per heavy atom. The fraction of sp³-hybridized carbons (Fsp3) is 0.846. The zero-order valence-electron chi connectivity index (χ0n) is 10.1. The lowest BCUT2D eigenvalue weighted by Crippen LogP contribution is -2.09. The van der Waals surface area contributed by atoms with Crippen molar-refractivity contribution in [1.29, 1.82) is 0 Å². The average Bonchev–Trinajstić information content (AvgIpc) is 2.21. The third-order valence-electron chi connectivity index (χ3n) is 2.58. The molecule has 0 aromatic carbocycles. The van der Waals surface area contributed by atoms with E-state index in [1.54, 1.807) is 0 Å². The van der Waals surface area contributed by atoms with Crippen LogP contribution in [0.5, 0.6) is 0 Å². The van der Waals surface area contributed by atoms with Gasteiger partial charge in [-0.1, -0.05) is 38.3 Å². The molecular formula is C13H26O. The molecule has 0 saturated heterocycles. The highest BCUT2D eigenvalue weighted by Crippen LogP contribution is 2.12. The smallest absolute Gasteiger partial charge is 0.0571 e. The topological polar surface area (TPSA) is 9.23 Å². The van der Waals surface area contributed by atoms with E-state index < -0.39 is 0 Å². The van der Waals surface area contributed by atoms with Crippen molar-refractivity contribution in [2.75, 3.05) is 7.11 Å². The lowest BCUT2D eigenvalue weighted by Gasteiger charge is -2.13. The van der Waals surface area contributed by atoms with E-state index in [9.17, 15) is 0 Å². The van der Waals surface area contributed by atoms with Gasteiger partial charge in [-0.25, -0.2) is 0 Å². The lowest BCUT2D eigenvalue weighted by molar-refractivity contribution is 0.0850. The maximum atomic E-state index is 5.40. The molecule has 0 amide bonds. The van der Waals surface area contributed by atoms with Gasteiger partial charge in [0, 0.05) is 7.11 Å². The predicted octanol–water partition coefficient (Wildman–Crippen LogP) is 4.33. The Morgan fingerprint density at radius 2 is 1.93 bits per heavy atom. The van der Waals surface area contributed by atoms with Crippen molar-refractivity contribution in [3.05, 3.63) is 12.2 Å². The van der Waals surface area contributed by atoms with E-state index in [1.165, 1.54) is 44.9 Å². The van der Waals surface area contributed by atoms with Crippen LogP contribution in [0.3, 0.4) is 0 Å². The Labute approximate surface area is 89.5 Å². The first-order chi connectivity index (χ1) is 6.85. The molecule has 0 aromatic rings. The van der Waals surface area contributed by atoms with Crippen molar-refractivity contribution < 1.29 is 4.74 Å². The van der Waals surface area contributed by atoms with E-state index in [2.05, 4.69) is 26.0 Å². The molecule has 1 atom stereocenters. The van der Waals surface area contributed by atoms with Crippen LogP contribution in [-0.4, -0.2) is 13.2 Å². The predicted molar refractivity (Wildman–Crippen MR) is 63.6 cm³/mol. The second-order valence-electron chi connectivity index (χ2n) is 3.85. The summed E-state index contributed by atoms with van der Waals surface area (Å²) in [5, 5.41) is 0. The normalized spacial score (nSPS) is 13.6. The van der Waals surface area contributed by atoms with E-state index in [-0.39, 0.29) is 0 Å². The maximum absolute atomic E-state index is 5.40. The van der Waals surface area contributed by atoms with E-state index in [0.29, 0.717) is 6.10 Å². The van der Waals surface area contributed by atoms with Crippen molar-refractivity contribution in [2.45, 2.75) is 64.9 Å². The first-order valence-electron chi connectivity index (χ1n) is 5.99. The van der Waals surface area contributed by atoms with Gasteiger partial charge in [0.1, 0.15) is 0 Å². The van der Waals surface area contributed by atoms with E-state index in [1.807, 2.05) is 7.11 Å². The van der Waals surface area contributed by atoms with Gasteiger partial charge in [0.25, 0.3) is 0 Å². The summed E-state index contributed by atoms with van der Waals surface area (Å²) in [7, 11) is 1.83. The van der Waals surface area contributed by atoms with Crippen molar-refractivity contribution >= 4 is 0 Å². The summed E-state index contributed by atoms with van der Waals surface area (Å²) in [4.78, 5) is 0. The highest BCUT2D eigenvalue weighted by molar-refractivity contribution is 4.76. The second-order valence-corrected chi connectivity index (χ2v) is 3.85. The van der Waals surface area contributed by atoms with Crippen LogP contribution in [0.2, 0.25) is 0 Å². The van der Waals surface area contributed by atoms with Crippen LogP contribution < -0.4 is 0 Å². The van der Waals surface area contributed by atoms with Crippen molar-refractivity contribution in [3.8, 4) is 0 Å². The van der Waals surface area contributed by atoms with Crippen LogP contribution in [0.1, 0.15) is 58.8 Å². The van der Waals surface area contributed by atoms with Crippen molar-refractivity contribution in [2.24, 2.45) is 0 Å². The van der Waals surface area contributed by atoms with Gasteiger partial charge in [-0.2, -0.15) is 0 Å². The highest BCUT2D eigenvalue weighted by atomic mass is 16.5. The number of hydrogen-bond donors (Lipinski definition) is 0. The Balaban J connectivity index is 3.23. The molecule has 0 fully saturated rings. The Bertz CT molecular complexity index is 129. The summed E-state index contributed by atoms with van der Waals surface area (Å²) in [5.41, 5.74) is 0. The lowest BCUT2D eigenvalue weighted by atomic mass is 10.1. The zero-order chi connectivity index (χ0) is 10.6. The van der Waals surface area contributed by atoms with E-state index in [4.69, 9.17) is 4.74 Å². The molecule has 0 aliphatic carbocycles. The molecule has 0 rings (SSSR count). The molecular weight excluding hydrogens is 172 g/mol. The number of allylic oxidation sites excluding steroid dienone is 2. The molecule has 0 heterocycles. The van der Waals surface area contributed by atoms with Crippen LogP contribution in [-0.2, 0) is 4.74 Å². The summed E-state index contributed by atoms with van der Waals surface area (Å²) in [5.74, 6) is 0. The fourth-order valence-corrected chi connectivity index (χ4v) is 1.68. The largest absolute Gasteiger partial charge is 0.381 e. The van der Waals surface area contributed by atoms with Gasteiger partial charge in [0.2, 0.25) is 0 Å². The molecule has 0 radical (unpaired) electrons. The first-order valence-corrected chi connectivity index (χ1v) is 5.99. The Morgan fingerprint density at radius 3 is 2.50 bits per heavy atom. The van der Waals surface area contributed by atoms with E-state index >= 15 is 0 Å². The average molecular weight is 198 g/mol. The molecule has 1 nitrogen and oxygen atoms in total. The molecule has 0 N–H and O–H groups in total. The van der Waals surface area contributed by atoms with Crippen molar-refractivity contribution in [3.63, 3.8) is 0 Å². The summed E-state index contributed by atoms with van der Waals surface area (Å²) < 4.78 is 5.40. The molecule has 14 heavy (non-hydrogen) atoms. The number of ether oxygens (including phenoxy) is 1. The quantitative estimate of drug-likeness (QED) is 0.396. The zero-order valence-corrected chi connectivity index (χ0v) is 10.1. The van der Waals surface area contributed by atoms with Gasteiger partial charge >= 0.3 is 0 Å². The second kappa shape index (κ2) is 10.8. The van der Waals surface area contributed by atoms with Crippen molar-refractivity contribution in [1.82, 2.24) is 0 Å². The Hall–Kier alpha value is -0.300. The first kappa shape index (κ1) is 13.7. The number of unbranched alkanes of at least 4 members (excludes halogenated alkanes) is 3. The molecule has 0 saturated carbocycles. The van der Waals surface area contributed by atoms with Gasteiger partial charge in [-0.05, 0) is 32.6 Å². The standard InChI is InChI=1S/C13H26O/c1-4-6-7-8-9-10-12-13(14-3)11-5-2/h4,6,13H,5,7-12H2,1-3H3. The SMILES string of the molecule is CC=CCCCCCC(CCC)OC. The van der Waals surface area contributed by atoms with Gasteiger partial charge in [0.15, 0.2) is 0 Å². The van der Waals surface area contributed by atoms with Crippen LogP contribution in [0.25, 0.3) is 0 Å². The van der Waals surface area contributed by atoms with Gasteiger partial charge in [0.05, 0.1) is 6.10 Å². The summed E-state index contributed by atoms with van der Waals surface area (Å²) in [6.07, 6.45) is 13.8. The Kier molecular flexibility index (Phi) is 10.5. The molecule has 0 aliphatic rings. The minimum Gasteiger partial charge on any atom is -0.381 e. The summed E-state index contributed by atoms with van der Waals surface area (Å²) in [6, 6.07) is 0. The minimum absolute atomic E-state index is 0.502. The molecule has 0 bridgehead atoms. The molecule has 1 heteroatoms. The number of rotatable bonds is 9. The molecule has 0 aromatic heterocycles. The summed E-state index contributed by atoms with van der Waals surface area (Å²) >= 11 is 0. The molecule has 0 aliphatic heterocycles. The monoisotopic (exact) mass is 198 g/mol. The maximum Gasteiger partial charge on any atom is 0.0571 e. The van der Waals surface area contributed by atoms with Crippen LogP contribution in [0, 0.1) is 0 Å². The van der Waals surface area contributed by atoms with Gasteiger partial charge < -0.3 is 4.74 Å². The number of methoxy groups -OCH3 is 1. The summed E-state index contributed by atoms with van der Waals surface area (Å²) in [6.45, 7) is 4.31. The van der Waals surface area contributed by atoms with Crippen LogP contribution >= 0.6 is 0 Å². The van der Waals surface area contributed by atoms with E-state index in [0.717, 1.165) is 0 Å². The minimum atomic E-state index is 0.502. The van der Waals surface area contributed by atoms with Crippen LogP contribution in [0.15, 0.2) is 12.2 Å². The fourth-order valence-electron chi connectivity index (χ4n) is 1.68.